The zero-order valence-corrected chi connectivity index (χ0v) is 10.7. The monoisotopic (exact) mass is 258 g/mol. The van der Waals surface area contributed by atoms with Crippen molar-refractivity contribution >= 4 is 6.29 Å². The molecule has 0 fully saturated rings. The summed E-state index contributed by atoms with van der Waals surface area (Å²) in [6, 6.07) is 13.8. The zero-order valence-electron chi connectivity index (χ0n) is 10.7. The van der Waals surface area contributed by atoms with Gasteiger partial charge in [0.05, 0.1) is 12.7 Å². The molecular weight excluding hydrogens is 243 g/mol. The molecule has 0 aliphatic carbocycles. The van der Waals surface area contributed by atoms with Gasteiger partial charge in [-0.2, -0.15) is 0 Å². The summed E-state index contributed by atoms with van der Waals surface area (Å²) in [5, 5.41) is 0. The summed E-state index contributed by atoms with van der Waals surface area (Å²) in [6.07, 6.45) is 0.382. The predicted molar refractivity (Wildman–Crippen MR) is 71.4 cm³/mol. The number of aldehydes is 1. The van der Waals surface area contributed by atoms with Crippen LogP contribution in [0.25, 0.3) is 0 Å². The van der Waals surface area contributed by atoms with E-state index in [-0.39, 0.29) is 11.9 Å². The van der Waals surface area contributed by atoms with Crippen molar-refractivity contribution in [2.75, 3.05) is 0 Å². The first-order chi connectivity index (χ1) is 9.20. The van der Waals surface area contributed by atoms with Crippen LogP contribution in [-0.4, -0.2) is 6.29 Å². The Morgan fingerprint density at radius 2 is 1.95 bits per heavy atom. The summed E-state index contributed by atoms with van der Waals surface area (Å²) in [6.45, 7) is 2.24. The van der Waals surface area contributed by atoms with Crippen molar-refractivity contribution < 1.29 is 13.9 Å². The Labute approximate surface area is 111 Å². The molecule has 0 aromatic heterocycles. The van der Waals surface area contributed by atoms with E-state index in [9.17, 15) is 9.18 Å². The molecule has 0 radical (unpaired) electrons. The maximum absolute atomic E-state index is 13.2. The topological polar surface area (TPSA) is 26.3 Å². The number of halogens is 1. The fourth-order valence-electron chi connectivity index (χ4n) is 1.89. The average molecular weight is 258 g/mol. The van der Waals surface area contributed by atoms with Gasteiger partial charge in [-0.25, -0.2) is 4.39 Å². The van der Waals surface area contributed by atoms with Gasteiger partial charge in [-0.3, -0.25) is 4.79 Å². The molecule has 1 atom stereocenters. The van der Waals surface area contributed by atoms with E-state index in [2.05, 4.69) is 0 Å². The van der Waals surface area contributed by atoms with Gasteiger partial charge in [0, 0.05) is 5.56 Å². The first-order valence-corrected chi connectivity index (χ1v) is 6.11. The first-order valence-electron chi connectivity index (χ1n) is 6.11. The van der Waals surface area contributed by atoms with Crippen molar-refractivity contribution in [3.05, 3.63) is 71.0 Å². The number of benzene rings is 2. The Balaban J connectivity index is 2.09. The van der Waals surface area contributed by atoms with Crippen LogP contribution in [-0.2, 0) is 11.3 Å². The van der Waals surface area contributed by atoms with Crippen LogP contribution in [0.1, 0.15) is 34.5 Å². The molecule has 2 aromatic carbocycles. The lowest BCUT2D eigenvalue weighted by Crippen LogP contribution is -2.04. The standard InChI is InChI=1S/C16H15FO2/c1-12(19-11-13-5-3-2-4-6-13)16-9-15(17)8-7-14(16)10-18/h2-10,12H,11H2,1H3. The Morgan fingerprint density at radius 3 is 2.63 bits per heavy atom. The summed E-state index contributed by atoms with van der Waals surface area (Å²) in [4.78, 5) is 10.9. The van der Waals surface area contributed by atoms with E-state index in [0.717, 1.165) is 11.8 Å². The molecule has 0 aliphatic rings. The zero-order chi connectivity index (χ0) is 13.7. The molecule has 2 aromatic rings. The van der Waals surface area contributed by atoms with Crippen molar-refractivity contribution in [1.82, 2.24) is 0 Å². The molecule has 1 unspecified atom stereocenters. The summed E-state index contributed by atoms with van der Waals surface area (Å²) in [7, 11) is 0. The third kappa shape index (κ3) is 3.48. The lowest BCUT2D eigenvalue weighted by atomic mass is 10.0. The second kappa shape index (κ2) is 6.25. The number of ether oxygens (including phenoxy) is 1. The van der Waals surface area contributed by atoms with Crippen LogP contribution in [0.5, 0.6) is 0 Å². The largest absolute Gasteiger partial charge is 0.369 e. The average Bonchev–Trinajstić information content (AvgIpc) is 2.46. The number of carbonyl (C=O) groups is 1. The molecule has 0 N–H and O–H groups in total. The van der Waals surface area contributed by atoms with E-state index in [1.165, 1.54) is 18.2 Å². The van der Waals surface area contributed by atoms with Crippen molar-refractivity contribution in [3.63, 3.8) is 0 Å². The summed E-state index contributed by atoms with van der Waals surface area (Å²) in [5.41, 5.74) is 2.08. The van der Waals surface area contributed by atoms with Crippen molar-refractivity contribution in [2.24, 2.45) is 0 Å². The van der Waals surface area contributed by atoms with E-state index in [0.29, 0.717) is 17.7 Å². The van der Waals surface area contributed by atoms with Crippen LogP contribution in [0.2, 0.25) is 0 Å². The summed E-state index contributed by atoms with van der Waals surface area (Å²) < 4.78 is 18.9. The minimum Gasteiger partial charge on any atom is -0.369 e. The third-order valence-corrected chi connectivity index (χ3v) is 2.96. The highest BCUT2D eigenvalue weighted by Crippen LogP contribution is 2.22. The van der Waals surface area contributed by atoms with E-state index in [4.69, 9.17) is 4.74 Å². The molecule has 0 spiro atoms. The Kier molecular flexibility index (Phi) is 4.42. The second-order valence-electron chi connectivity index (χ2n) is 4.33. The van der Waals surface area contributed by atoms with Gasteiger partial charge in [-0.1, -0.05) is 30.3 Å². The molecule has 0 saturated heterocycles. The first kappa shape index (κ1) is 13.4. The van der Waals surface area contributed by atoms with Gasteiger partial charge in [0.15, 0.2) is 0 Å². The van der Waals surface area contributed by atoms with Gasteiger partial charge < -0.3 is 4.74 Å². The SMILES string of the molecule is CC(OCc1ccccc1)c1cc(F)ccc1C=O. The molecule has 0 bridgehead atoms. The highest BCUT2D eigenvalue weighted by atomic mass is 19.1. The van der Waals surface area contributed by atoms with Crippen LogP contribution >= 0.6 is 0 Å². The van der Waals surface area contributed by atoms with Crippen LogP contribution in [0.3, 0.4) is 0 Å². The highest BCUT2D eigenvalue weighted by molar-refractivity contribution is 5.77. The summed E-state index contributed by atoms with van der Waals surface area (Å²) >= 11 is 0. The van der Waals surface area contributed by atoms with Crippen LogP contribution in [0, 0.1) is 5.82 Å². The van der Waals surface area contributed by atoms with E-state index in [1.807, 2.05) is 37.3 Å². The smallest absolute Gasteiger partial charge is 0.150 e. The van der Waals surface area contributed by atoms with E-state index < -0.39 is 0 Å². The summed E-state index contributed by atoms with van der Waals surface area (Å²) in [5.74, 6) is -0.365. The van der Waals surface area contributed by atoms with Gasteiger partial charge in [-0.05, 0) is 36.2 Å². The normalized spacial score (nSPS) is 12.1. The molecule has 0 amide bonds. The molecule has 2 nitrogen and oxygen atoms in total. The number of rotatable bonds is 5. The number of carbonyl (C=O) groups excluding carboxylic acids is 1. The van der Waals surface area contributed by atoms with Gasteiger partial charge in [0.1, 0.15) is 12.1 Å². The van der Waals surface area contributed by atoms with E-state index >= 15 is 0 Å². The van der Waals surface area contributed by atoms with Gasteiger partial charge in [-0.15, -0.1) is 0 Å². The molecular formula is C16H15FO2. The van der Waals surface area contributed by atoms with Crippen LogP contribution in [0.4, 0.5) is 4.39 Å². The van der Waals surface area contributed by atoms with Crippen LogP contribution in [0.15, 0.2) is 48.5 Å². The molecule has 3 heteroatoms. The fraction of sp³-hybridized carbons (Fsp3) is 0.188. The van der Waals surface area contributed by atoms with Gasteiger partial charge >= 0.3 is 0 Å². The maximum Gasteiger partial charge on any atom is 0.150 e. The van der Waals surface area contributed by atoms with Crippen molar-refractivity contribution in [2.45, 2.75) is 19.6 Å². The quantitative estimate of drug-likeness (QED) is 0.760. The molecule has 0 aliphatic heterocycles. The Hall–Kier alpha value is -2.00. The fourth-order valence-corrected chi connectivity index (χ4v) is 1.89. The Morgan fingerprint density at radius 1 is 1.21 bits per heavy atom. The number of hydrogen-bond donors (Lipinski definition) is 0. The van der Waals surface area contributed by atoms with Crippen LogP contribution < -0.4 is 0 Å². The van der Waals surface area contributed by atoms with Crippen molar-refractivity contribution in [1.29, 1.82) is 0 Å². The molecule has 0 heterocycles. The minimum atomic E-state index is -0.365. The van der Waals surface area contributed by atoms with Gasteiger partial charge in [0.2, 0.25) is 0 Å². The molecule has 98 valence electrons. The van der Waals surface area contributed by atoms with Crippen molar-refractivity contribution in [3.8, 4) is 0 Å². The minimum absolute atomic E-state index is 0.337. The molecule has 0 saturated carbocycles. The third-order valence-electron chi connectivity index (χ3n) is 2.96. The maximum atomic E-state index is 13.2. The second-order valence-corrected chi connectivity index (χ2v) is 4.33. The molecule has 19 heavy (non-hydrogen) atoms. The lowest BCUT2D eigenvalue weighted by Gasteiger charge is -2.15. The predicted octanol–water partition coefficient (Wildman–Crippen LogP) is 3.92. The highest BCUT2D eigenvalue weighted by Gasteiger charge is 2.12. The number of hydrogen-bond acceptors (Lipinski definition) is 2. The Bertz CT molecular complexity index is 552. The molecule has 2 rings (SSSR count). The lowest BCUT2D eigenvalue weighted by molar-refractivity contribution is 0.0517. The van der Waals surface area contributed by atoms with E-state index in [1.54, 1.807) is 0 Å². The van der Waals surface area contributed by atoms with Gasteiger partial charge in [0.25, 0.3) is 0 Å².